The van der Waals surface area contributed by atoms with Gasteiger partial charge in [-0.25, -0.2) is 4.79 Å². The molecule has 6 heteroatoms. The Morgan fingerprint density at radius 3 is 2.48 bits per heavy atom. The average molecular weight is 294 g/mol. The van der Waals surface area contributed by atoms with E-state index < -0.39 is 17.1 Å². The Kier molecular flexibility index (Phi) is 4.27. The summed E-state index contributed by atoms with van der Waals surface area (Å²) in [5.74, 6) is -0.0973. The van der Waals surface area contributed by atoms with Crippen molar-refractivity contribution in [3.05, 3.63) is 26.4 Å². The summed E-state index contributed by atoms with van der Waals surface area (Å²) in [6, 6.07) is 0.373. The Morgan fingerprint density at radius 1 is 1.29 bits per heavy atom. The molecule has 3 unspecified atom stereocenters. The summed E-state index contributed by atoms with van der Waals surface area (Å²) in [5.41, 5.74) is -0.756. The molecule has 2 rings (SSSR count). The molecular weight excluding hydrogens is 270 g/mol. The van der Waals surface area contributed by atoms with Crippen LogP contribution in [0.25, 0.3) is 0 Å². The van der Waals surface area contributed by atoms with Gasteiger partial charge in [-0.2, -0.15) is 0 Å². The minimum atomic E-state index is -0.562. The van der Waals surface area contributed by atoms with Crippen LogP contribution < -0.4 is 21.7 Å². The van der Waals surface area contributed by atoms with Gasteiger partial charge in [0, 0.05) is 37.7 Å². The molecule has 1 fully saturated rings. The lowest BCUT2D eigenvalue weighted by Gasteiger charge is -2.26. The summed E-state index contributed by atoms with van der Waals surface area (Å²) in [7, 11) is 2.85. The van der Waals surface area contributed by atoms with E-state index in [0.29, 0.717) is 5.92 Å². The number of hydrogen-bond donors (Lipinski definition) is 1. The van der Waals surface area contributed by atoms with E-state index in [1.807, 2.05) is 0 Å². The maximum Gasteiger partial charge on any atom is 0.329 e. The summed E-state index contributed by atoms with van der Waals surface area (Å²) in [5, 5.41) is 15.9. The van der Waals surface area contributed by atoms with Crippen LogP contribution in [-0.2, 0) is 14.1 Å². The lowest BCUT2D eigenvalue weighted by molar-refractivity contribution is -0.281. The molecule has 0 radical (unpaired) electrons. The normalized spacial score (nSPS) is 25.7. The lowest BCUT2D eigenvalue weighted by Crippen LogP contribution is -2.42. The molecule has 1 aliphatic rings. The van der Waals surface area contributed by atoms with E-state index >= 15 is 0 Å². The molecule has 118 valence electrons. The van der Waals surface area contributed by atoms with Gasteiger partial charge in [0.25, 0.3) is 5.56 Å². The van der Waals surface area contributed by atoms with Crippen LogP contribution >= 0.6 is 0 Å². The van der Waals surface area contributed by atoms with Crippen molar-refractivity contribution in [2.45, 2.75) is 51.6 Å². The van der Waals surface area contributed by atoms with Gasteiger partial charge in [0.15, 0.2) is 0 Å². The number of nitrogens with zero attached hydrogens (tertiary/aromatic N) is 2. The van der Waals surface area contributed by atoms with Gasteiger partial charge in [0.2, 0.25) is 0 Å². The molecule has 3 atom stereocenters. The second-order valence-corrected chi connectivity index (χ2v) is 6.57. The Labute approximate surface area is 124 Å². The molecule has 6 nitrogen and oxygen atoms in total. The standard InChI is InChI=1S/C15H25N3O3/c1-8(2)6-11-10(7-9(3)16-11)12-13(19)17(4)15(21)18(5)14(12)20/h8-11,16,19H,6-7H2,1-5H3/p-1. The minimum absolute atomic E-state index is 0.109. The van der Waals surface area contributed by atoms with E-state index in [4.69, 9.17) is 0 Å². The first-order valence-electron chi connectivity index (χ1n) is 7.47. The number of rotatable bonds is 3. The second-order valence-electron chi connectivity index (χ2n) is 6.57. The van der Waals surface area contributed by atoms with Crippen molar-refractivity contribution in [3.63, 3.8) is 0 Å². The van der Waals surface area contributed by atoms with E-state index in [9.17, 15) is 14.7 Å². The van der Waals surface area contributed by atoms with E-state index in [1.54, 1.807) is 0 Å². The van der Waals surface area contributed by atoms with E-state index in [0.717, 1.165) is 22.0 Å². The highest BCUT2D eigenvalue weighted by Crippen LogP contribution is 2.34. The van der Waals surface area contributed by atoms with Crippen molar-refractivity contribution >= 4 is 0 Å². The number of aromatic nitrogens is 2. The van der Waals surface area contributed by atoms with Gasteiger partial charge in [0.05, 0.1) is 0 Å². The molecule has 1 aromatic heterocycles. The van der Waals surface area contributed by atoms with Gasteiger partial charge in [-0.1, -0.05) is 13.8 Å². The smallest absolute Gasteiger partial charge is 0.329 e. The minimum Gasteiger partial charge on any atom is -0.860 e. The predicted molar refractivity (Wildman–Crippen MR) is 79.6 cm³/mol. The molecule has 0 saturated carbocycles. The molecule has 1 aliphatic heterocycles. The van der Waals surface area contributed by atoms with Gasteiger partial charge in [-0.3, -0.25) is 9.36 Å². The van der Waals surface area contributed by atoms with Crippen molar-refractivity contribution in [3.8, 4) is 5.88 Å². The Morgan fingerprint density at radius 2 is 1.90 bits per heavy atom. The van der Waals surface area contributed by atoms with Gasteiger partial charge in [-0.05, 0) is 31.6 Å². The lowest BCUT2D eigenvalue weighted by atomic mass is 9.87. The van der Waals surface area contributed by atoms with Crippen molar-refractivity contribution in [2.24, 2.45) is 20.0 Å². The molecular formula is C15H24N3O3-. The molecule has 0 aliphatic carbocycles. The highest BCUT2D eigenvalue weighted by Gasteiger charge is 2.35. The van der Waals surface area contributed by atoms with E-state index in [2.05, 4.69) is 26.1 Å². The fraction of sp³-hybridized carbons (Fsp3) is 0.733. The van der Waals surface area contributed by atoms with Crippen LogP contribution in [0.4, 0.5) is 0 Å². The van der Waals surface area contributed by atoms with E-state index in [-0.39, 0.29) is 23.6 Å². The van der Waals surface area contributed by atoms with Gasteiger partial charge in [0.1, 0.15) is 0 Å². The zero-order valence-corrected chi connectivity index (χ0v) is 13.3. The van der Waals surface area contributed by atoms with Crippen LogP contribution in [0.2, 0.25) is 0 Å². The molecule has 1 saturated heterocycles. The number of nitrogens with one attached hydrogen (secondary N) is 1. The first-order chi connectivity index (χ1) is 9.73. The highest BCUT2D eigenvalue weighted by molar-refractivity contribution is 5.29. The summed E-state index contributed by atoms with van der Waals surface area (Å²) in [6.07, 6.45) is 1.65. The van der Waals surface area contributed by atoms with Crippen LogP contribution in [-0.4, -0.2) is 21.2 Å². The SMILES string of the molecule is CC(C)CC1NC(C)CC1c1c([O-])n(C)c(=O)n(C)c1=O. The fourth-order valence-corrected chi connectivity index (χ4v) is 3.32. The monoisotopic (exact) mass is 294 g/mol. The van der Waals surface area contributed by atoms with Crippen molar-refractivity contribution in [1.82, 2.24) is 14.5 Å². The first-order valence-corrected chi connectivity index (χ1v) is 7.47. The van der Waals surface area contributed by atoms with Crippen LogP contribution in [0.1, 0.15) is 45.1 Å². The molecule has 0 spiro atoms. The van der Waals surface area contributed by atoms with Crippen molar-refractivity contribution in [1.29, 1.82) is 0 Å². The maximum atomic E-state index is 12.4. The molecule has 0 bridgehead atoms. The van der Waals surface area contributed by atoms with Crippen LogP contribution in [0.5, 0.6) is 5.88 Å². The van der Waals surface area contributed by atoms with Gasteiger partial charge in [-0.15, -0.1) is 0 Å². The van der Waals surface area contributed by atoms with Gasteiger partial charge >= 0.3 is 5.69 Å². The Hall–Kier alpha value is -1.56. The topological polar surface area (TPSA) is 79.1 Å². The summed E-state index contributed by atoms with van der Waals surface area (Å²) < 4.78 is 2.07. The van der Waals surface area contributed by atoms with Crippen LogP contribution in [0, 0.1) is 5.92 Å². The third-order valence-corrected chi connectivity index (χ3v) is 4.33. The Balaban J connectivity index is 2.55. The van der Waals surface area contributed by atoms with Crippen molar-refractivity contribution in [2.75, 3.05) is 0 Å². The summed E-state index contributed by atoms with van der Waals surface area (Å²) >= 11 is 0. The van der Waals surface area contributed by atoms with Crippen LogP contribution in [0.3, 0.4) is 0 Å². The molecule has 1 N–H and O–H groups in total. The molecule has 21 heavy (non-hydrogen) atoms. The largest absolute Gasteiger partial charge is 0.860 e. The average Bonchev–Trinajstić information content (AvgIpc) is 2.74. The van der Waals surface area contributed by atoms with Crippen LogP contribution in [0.15, 0.2) is 9.59 Å². The third-order valence-electron chi connectivity index (χ3n) is 4.33. The highest BCUT2D eigenvalue weighted by atomic mass is 16.3. The zero-order valence-electron chi connectivity index (χ0n) is 13.3. The number of hydrogen-bond acceptors (Lipinski definition) is 4. The zero-order chi connectivity index (χ0) is 15.9. The molecule has 1 aromatic rings. The molecule has 2 heterocycles. The predicted octanol–water partition coefficient (Wildman–Crippen LogP) is 0.0377. The second kappa shape index (κ2) is 5.67. The first kappa shape index (κ1) is 15.8. The fourth-order valence-electron chi connectivity index (χ4n) is 3.32. The van der Waals surface area contributed by atoms with Crippen molar-refractivity contribution < 1.29 is 5.11 Å². The Bertz CT molecular complexity index is 645. The molecule has 0 amide bonds. The molecule has 0 aromatic carbocycles. The maximum absolute atomic E-state index is 12.4. The summed E-state index contributed by atoms with van der Waals surface area (Å²) in [4.78, 5) is 24.2. The third kappa shape index (κ3) is 2.77. The summed E-state index contributed by atoms with van der Waals surface area (Å²) in [6.45, 7) is 6.31. The van der Waals surface area contributed by atoms with Gasteiger partial charge < -0.3 is 15.0 Å². The van der Waals surface area contributed by atoms with E-state index in [1.165, 1.54) is 14.1 Å². The quantitative estimate of drug-likeness (QED) is 0.853.